The highest BCUT2D eigenvalue weighted by atomic mass is 19.3. The Bertz CT molecular complexity index is 592. The summed E-state index contributed by atoms with van der Waals surface area (Å²) in [5, 5.41) is 3.80. The molecule has 2 nitrogen and oxygen atoms in total. The van der Waals surface area contributed by atoms with Gasteiger partial charge >= 0.3 is 0 Å². The first-order chi connectivity index (χ1) is 8.90. The van der Waals surface area contributed by atoms with E-state index in [0.717, 1.165) is 29.1 Å². The predicted octanol–water partition coefficient (Wildman–Crippen LogP) is 4.10. The van der Waals surface area contributed by atoms with E-state index >= 15 is 0 Å². The van der Waals surface area contributed by atoms with Crippen LogP contribution in [0.2, 0.25) is 0 Å². The quantitative estimate of drug-likeness (QED) is 0.772. The lowest BCUT2D eigenvalue weighted by Crippen LogP contribution is -1.94. The zero-order valence-corrected chi connectivity index (χ0v) is 9.75. The van der Waals surface area contributed by atoms with Gasteiger partial charge in [0.1, 0.15) is 11.5 Å². The SMILES string of the molecule is Cn1cc(C(F)F)c(-c2ccc(C(F)F)c(F)c2)n1. The van der Waals surface area contributed by atoms with Gasteiger partial charge in [-0.25, -0.2) is 22.0 Å². The number of aryl methyl sites for hydroxylation is 1. The minimum atomic E-state index is -2.95. The van der Waals surface area contributed by atoms with Crippen molar-refractivity contribution in [2.75, 3.05) is 0 Å². The van der Waals surface area contributed by atoms with Crippen molar-refractivity contribution < 1.29 is 22.0 Å². The molecule has 0 aliphatic rings. The molecule has 0 fully saturated rings. The lowest BCUT2D eigenvalue weighted by molar-refractivity contribution is 0.146. The Morgan fingerprint density at radius 2 is 1.68 bits per heavy atom. The molecule has 2 aromatic rings. The number of halogens is 5. The number of alkyl halides is 4. The van der Waals surface area contributed by atoms with Crippen LogP contribution in [0.5, 0.6) is 0 Å². The van der Waals surface area contributed by atoms with E-state index in [4.69, 9.17) is 0 Å². The second-order valence-corrected chi connectivity index (χ2v) is 3.94. The molecule has 1 aromatic carbocycles. The van der Waals surface area contributed by atoms with Crippen LogP contribution in [0.3, 0.4) is 0 Å². The van der Waals surface area contributed by atoms with Crippen molar-refractivity contribution in [2.45, 2.75) is 12.9 Å². The first-order valence-electron chi connectivity index (χ1n) is 5.29. The van der Waals surface area contributed by atoms with Crippen LogP contribution in [0.4, 0.5) is 22.0 Å². The minimum absolute atomic E-state index is 0.0396. The van der Waals surface area contributed by atoms with Gasteiger partial charge in [0.25, 0.3) is 12.9 Å². The fourth-order valence-electron chi connectivity index (χ4n) is 1.74. The smallest absolute Gasteiger partial charge is 0.267 e. The van der Waals surface area contributed by atoms with Gasteiger partial charge in [0.05, 0.1) is 11.1 Å². The Morgan fingerprint density at radius 1 is 1.05 bits per heavy atom. The van der Waals surface area contributed by atoms with Crippen LogP contribution in [-0.4, -0.2) is 9.78 Å². The molecule has 1 aromatic heterocycles. The maximum Gasteiger partial charge on any atom is 0.267 e. The Morgan fingerprint density at radius 3 is 2.21 bits per heavy atom. The predicted molar refractivity (Wildman–Crippen MR) is 58.5 cm³/mol. The van der Waals surface area contributed by atoms with Gasteiger partial charge < -0.3 is 0 Å². The van der Waals surface area contributed by atoms with Crippen LogP contribution in [0.1, 0.15) is 24.0 Å². The molecule has 0 unspecified atom stereocenters. The van der Waals surface area contributed by atoms with Crippen molar-refractivity contribution in [3.8, 4) is 11.3 Å². The number of aromatic nitrogens is 2. The third kappa shape index (κ3) is 2.59. The van der Waals surface area contributed by atoms with Crippen molar-refractivity contribution in [1.82, 2.24) is 9.78 Å². The third-order valence-electron chi connectivity index (χ3n) is 2.60. The standard InChI is InChI=1S/C12H9F5N2/c1-19-5-8(12(16)17)10(18-19)6-2-3-7(11(14)15)9(13)4-6/h2-5,11-12H,1H3. The average molecular weight is 276 g/mol. The Hall–Kier alpha value is -1.92. The van der Waals surface area contributed by atoms with Gasteiger partial charge in [0.2, 0.25) is 0 Å². The van der Waals surface area contributed by atoms with Crippen LogP contribution in [0, 0.1) is 5.82 Å². The fraction of sp³-hybridized carbons (Fsp3) is 0.250. The van der Waals surface area contributed by atoms with Gasteiger partial charge in [-0.2, -0.15) is 5.10 Å². The Balaban J connectivity index is 2.51. The topological polar surface area (TPSA) is 17.8 Å². The second-order valence-electron chi connectivity index (χ2n) is 3.94. The van der Waals surface area contributed by atoms with Gasteiger partial charge in [-0.15, -0.1) is 0 Å². The van der Waals surface area contributed by atoms with E-state index in [1.165, 1.54) is 7.05 Å². The normalized spacial score (nSPS) is 11.6. The van der Waals surface area contributed by atoms with Crippen molar-refractivity contribution in [3.63, 3.8) is 0 Å². The number of hydrogen-bond acceptors (Lipinski definition) is 1. The monoisotopic (exact) mass is 276 g/mol. The minimum Gasteiger partial charge on any atom is -0.275 e. The molecule has 7 heteroatoms. The molecule has 0 radical (unpaired) electrons. The van der Waals surface area contributed by atoms with Crippen LogP contribution in [0.25, 0.3) is 11.3 Å². The molecule has 1 heterocycles. The molecule has 0 bridgehead atoms. The van der Waals surface area contributed by atoms with Gasteiger partial charge in [0, 0.05) is 18.8 Å². The van der Waals surface area contributed by atoms with E-state index < -0.39 is 24.2 Å². The number of benzene rings is 1. The fourth-order valence-corrected chi connectivity index (χ4v) is 1.74. The van der Waals surface area contributed by atoms with Gasteiger partial charge in [0.15, 0.2) is 0 Å². The van der Waals surface area contributed by atoms with Crippen LogP contribution in [-0.2, 0) is 7.05 Å². The largest absolute Gasteiger partial charge is 0.275 e. The summed E-state index contributed by atoms with van der Waals surface area (Å²) in [7, 11) is 1.44. The summed E-state index contributed by atoms with van der Waals surface area (Å²) in [6.07, 6.45) is -4.62. The van der Waals surface area contributed by atoms with Gasteiger partial charge in [-0.3, -0.25) is 4.68 Å². The molecule has 0 N–H and O–H groups in total. The zero-order valence-electron chi connectivity index (χ0n) is 9.75. The maximum atomic E-state index is 13.4. The molecule has 0 aliphatic heterocycles. The summed E-state index contributed by atoms with van der Waals surface area (Å²) in [6, 6.07) is 2.81. The molecule has 19 heavy (non-hydrogen) atoms. The van der Waals surface area contributed by atoms with Crippen molar-refractivity contribution >= 4 is 0 Å². The van der Waals surface area contributed by atoms with E-state index in [9.17, 15) is 22.0 Å². The highest BCUT2D eigenvalue weighted by Crippen LogP contribution is 2.32. The summed E-state index contributed by atoms with van der Waals surface area (Å²) in [5.41, 5.74) is -1.21. The molecular formula is C12H9F5N2. The molecule has 2 rings (SSSR count). The summed E-state index contributed by atoms with van der Waals surface area (Å²) in [5.74, 6) is -1.14. The maximum absolute atomic E-state index is 13.4. The molecule has 0 aliphatic carbocycles. The lowest BCUT2D eigenvalue weighted by Gasteiger charge is -2.05. The molecule has 0 amide bonds. The van der Waals surface area contributed by atoms with Gasteiger partial charge in [-0.05, 0) is 12.1 Å². The first kappa shape index (κ1) is 13.5. The molecule has 0 atom stereocenters. The van der Waals surface area contributed by atoms with E-state index in [1.54, 1.807) is 0 Å². The summed E-state index contributed by atoms with van der Waals surface area (Å²) in [6.45, 7) is 0. The van der Waals surface area contributed by atoms with E-state index in [2.05, 4.69) is 5.10 Å². The highest BCUT2D eigenvalue weighted by molar-refractivity contribution is 5.63. The van der Waals surface area contributed by atoms with Crippen molar-refractivity contribution in [1.29, 1.82) is 0 Å². The summed E-state index contributed by atoms with van der Waals surface area (Å²) < 4.78 is 64.9. The van der Waals surface area contributed by atoms with Crippen LogP contribution in [0.15, 0.2) is 24.4 Å². The number of rotatable bonds is 3. The number of nitrogens with zero attached hydrogens (tertiary/aromatic N) is 2. The highest BCUT2D eigenvalue weighted by Gasteiger charge is 2.20. The Kier molecular flexibility index (Phi) is 3.55. The molecule has 102 valence electrons. The van der Waals surface area contributed by atoms with Crippen LogP contribution < -0.4 is 0 Å². The van der Waals surface area contributed by atoms with E-state index in [1.807, 2.05) is 0 Å². The second kappa shape index (κ2) is 4.99. The van der Waals surface area contributed by atoms with Crippen LogP contribution >= 0.6 is 0 Å². The molecular weight excluding hydrogens is 267 g/mol. The third-order valence-corrected chi connectivity index (χ3v) is 2.60. The zero-order chi connectivity index (χ0) is 14.2. The Labute approximate surface area is 105 Å². The van der Waals surface area contributed by atoms with Crippen molar-refractivity contribution in [2.24, 2.45) is 7.05 Å². The summed E-state index contributed by atoms with van der Waals surface area (Å²) >= 11 is 0. The molecule has 0 spiro atoms. The van der Waals surface area contributed by atoms with E-state index in [0.29, 0.717) is 0 Å². The lowest BCUT2D eigenvalue weighted by atomic mass is 10.1. The molecule has 0 saturated heterocycles. The summed E-state index contributed by atoms with van der Waals surface area (Å²) in [4.78, 5) is 0. The molecule has 0 saturated carbocycles. The van der Waals surface area contributed by atoms with Crippen molar-refractivity contribution in [3.05, 3.63) is 41.3 Å². The first-order valence-corrected chi connectivity index (χ1v) is 5.29. The van der Waals surface area contributed by atoms with Gasteiger partial charge in [-0.1, -0.05) is 6.07 Å². The average Bonchev–Trinajstić information content (AvgIpc) is 2.70. The number of hydrogen-bond donors (Lipinski definition) is 0. The van der Waals surface area contributed by atoms with E-state index in [-0.39, 0.29) is 16.8 Å².